The van der Waals surface area contributed by atoms with Gasteiger partial charge >= 0.3 is 0 Å². The molecule has 0 bridgehead atoms. The number of rotatable bonds is 5. The molecule has 6 nitrogen and oxygen atoms in total. The lowest BCUT2D eigenvalue weighted by Gasteiger charge is -2.25. The van der Waals surface area contributed by atoms with Gasteiger partial charge in [-0.2, -0.15) is 0 Å². The smallest absolute Gasteiger partial charge is 0.254 e. The molecule has 1 unspecified atom stereocenters. The van der Waals surface area contributed by atoms with Gasteiger partial charge in [0.2, 0.25) is 5.91 Å². The van der Waals surface area contributed by atoms with Crippen molar-refractivity contribution >= 4 is 23.2 Å². The van der Waals surface area contributed by atoms with Crippen LogP contribution < -0.4 is 5.32 Å². The zero-order valence-electron chi connectivity index (χ0n) is 17.6. The minimum atomic E-state index is -0.492. The third-order valence-electron chi connectivity index (χ3n) is 5.70. The van der Waals surface area contributed by atoms with Crippen LogP contribution in [0.1, 0.15) is 40.0 Å². The minimum absolute atomic E-state index is 0.0473. The van der Waals surface area contributed by atoms with Crippen LogP contribution in [-0.2, 0) is 11.3 Å². The maximum absolute atomic E-state index is 13.0. The van der Waals surface area contributed by atoms with E-state index in [1.54, 1.807) is 28.4 Å². The highest BCUT2D eigenvalue weighted by atomic mass is 32.1. The molecular formula is C24H25N3O3S. The van der Waals surface area contributed by atoms with Crippen molar-refractivity contribution in [2.24, 2.45) is 0 Å². The number of phenols is 1. The van der Waals surface area contributed by atoms with Gasteiger partial charge in [-0.3, -0.25) is 9.59 Å². The molecule has 2 aromatic carbocycles. The number of aromatic nitrogens is 1. The topological polar surface area (TPSA) is 82.5 Å². The van der Waals surface area contributed by atoms with Gasteiger partial charge in [-0.1, -0.05) is 30.3 Å². The molecule has 3 aromatic rings. The van der Waals surface area contributed by atoms with Crippen LogP contribution in [0.15, 0.2) is 48.0 Å². The van der Waals surface area contributed by atoms with E-state index in [0.29, 0.717) is 25.1 Å². The van der Waals surface area contributed by atoms with Crippen LogP contribution in [0, 0.1) is 13.8 Å². The monoisotopic (exact) mass is 435 g/mol. The predicted octanol–water partition coefficient (Wildman–Crippen LogP) is 4.05. The van der Waals surface area contributed by atoms with Crippen molar-refractivity contribution < 1.29 is 14.7 Å². The highest BCUT2D eigenvalue weighted by Crippen LogP contribution is 2.27. The van der Waals surface area contributed by atoms with Crippen molar-refractivity contribution in [1.29, 1.82) is 0 Å². The highest BCUT2D eigenvalue weighted by molar-refractivity contribution is 7.13. The number of carbonyl (C=O) groups excluding carboxylic acids is 2. The van der Waals surface area contributed by atoms with Gasteiger partial charge in [-0.15, -0.1) is 11.3 Å². The summed E-state index contributed by atoms with van der Waals surface area (Å²) in [7, 11) is 0. The van der Waals surface area contributed by atoms with Gasteiger partial charge in [-0.05, 0) is 55.5 Å². The molecule has 1 aromatic heterocycles. The molecular weight excluding hydrogens is 410 g/mol. The minimum Gasteiger partial charge on any atom is -0.508 e. The SMILES string of the molecule is Cc1ccc(O)cc1C(=O)N1CCCC1C(=O)NCc1ccc(-c2scnc2C)cc1. The first-order valence-corrected chi connectivity index (χ1v) is 11.2. The van der Waals surface area contributed by atoms with E-state index in [1.807, 2.05) is 43.6 Å². The fourth-order valence-corrected chi connectivity index (χ4v) is 4.75. The summed E-state index contributed by atoms with van der Waals surface area (Å²) < 4.78 is 0. The van der Waals surface area contributed by atoms with Gasteiger partial charge in [-0.25, -0.2) is 4.98 Å². The Balaban J connectivity index is 1.40. The summed E-state index contributed by atoms with van der Waals surface area (Å²) >= 11 is 1.61. The molecule has 1 fully saturated rings. The number of hydrogen-bond acceptors (Lipinski definition) is 5. The van der Waals surface area contributed by atoms with Crippen molar-refractivity contribution in [1.82, 2.24) is 15.2 Å². The summed E-state index contributed by atoms with van der Waals surface area (Å²) in [6.45, 7) is 4.77. The molecule has 0 aliphatic carbocycles. The number of phenolic OH excluding ortho intramolecular Hbond substituents is 1. The van der Waals surface area contributed by atoms with Crippen molar-refractivity contribution in [3.05, 3.63) is 70.4 Å². The standard InChI is InChI=1S/C24H25N3O3S/c1-15-5-10-19(28)12-20(15)24(30)27-11-3-4-21(27)23(29)25-13-17-6-8-18(9-7-17)22-16(2)26-14-31-22/h5-10,12,14,21,28H,3-4,11,13H2,1-2H3,(H,25,29). The van der Waals surface area contributed by atoms with Gasteiger partial charge < -0.3 is 15.3 Å². The molecule has 0 saturated carbocycles. The summed E-state index contributed by atoms with van der Waals surface area (Å²) in [4.78, 5) is 32.9. The lowest BCUT2D eigenvalue weighted by atomic mass is 10.1. The molecule has 1 aliphatic heterocycles. The summed E-state index contributed by atoms with van der Waals surface area (Å²) in [5.74, 6) is -0.313. The number of nitrogens with zero attached hydrogens (tertiary/aromatic N) is 2. The van der Waals surface area contributed by atoms with E-state index in [-0.39, 0.29) is 17.6 Å². The van der Waals surface area contributed by atoms with E-state index in [1.165, 1.54) is 6.07 Å². The van der Waals surface area contributed by atoms with Crippen molar-refractivity contribution in [3.63, 3.8) is 0 Å². The lowest BCUT2D eigenvalue weighted by Crippen LogP contribution is -2.45. The van der Waals surface area contributed by atoms with Gasteiger partial charge in [0.25, 0.3) is 5.91 Å². The van der Waals surface area contributed by atoms with Crippen LogP contribution in [0.3, 0.4) is 0 Å². The maximum atomic E-state index is 13.0. The molecule has 160 valence electrons. The van der Waals surface area contributed by atoms with Gasteiger partial charge in [0.15, 0.2) is 0 Å². The number of aromatic hydroxyl groups is 1. The molecule has 1 saturated heterocycles. The number of benzene rings is 2. The number of hydrogen-bond donors (Lipinski definition) is 2. The summed E-state index contributed by atoms with van der Waals surface area (Å²) in [5, 5.41) is 12.7. The summed E-state index contributed by atoms with van der Waals surface area (Å²) in [6.07, 6.45) is 1.42. The Kier molecular flexibility index (Phi) is 6.04. The van der Waals surface area contributed by atoms with Crippen LogP contribution in [0.25, 0.3) is 10.4 Å². The number of nitrogens with one attached hydrogen (secondary N) is 1. The van der Waals surface area contributed by atoms with Crippen LogP contribution in [-0.4, -0.2) is 39.4 Å². The number of carbonyl (C=O) groups is 2. The number of thiazole rings is 1. The van der Waals surface area contributed by atoms with E-state index >= 15 is 0 Å². The fourth-order valence-electron chi connectivity index (χ4n) is 3.94. The van der Waals surface area contributed by atoms with Crippen LogP contribution in [0.2, 0.25) is 0 Å². The second kappa shape index (κ2) is 8.89. The number of amides is 2. The summed E-state index contributed by atoms with van der Waals surface area (Å²) in [5.41, 5.74) is 6.19. The molecule has 1 atom stereocenters. The Morgan fingerprint density at radius 2 is 1.97 bits per heavy atom. The van der Waals surface area contributed by atoms with Crippen LogP contribution in [0.5, 0.6) is 5.75 Å². The molecule has 1 aliphatic rings. The first-order valence-electron chi connectivity index (χ1n) is 10.3. The Bertz CT molecular complexity index is 1110. The zero-order valence-corrected chi connectivity index (χ0v) is 18.4. The van der Waals surface area contributed by atoms with Crippen molar-refractivity contribution in [3.8, 4) is 16.2 Å². The Morgan fingerprint density at radius 1 is 1.19 bits per heavy atom. The molecule has 2 heterocycles. The average molecular weight is 436 g/mol. The number of aryl methyl sites for hydroxylation is 2. The number of likely N-dealkylation sites (tertiary alicyclic amines) is 1. The van der Waals surface area contributed by atoms with Crippen molar-refractivity contribution in [2.45, 2.75) is 39.3 Å². The van der Waals surface area contributed by atoms with Crippen LogP contribution >= 0.6 is 11.3 Å². The second-order valence-corrected chi connectivity index (χ2v) is 8.69. The third kappa shape index (κ3) is 4.46. The Hall–Kier alpha value is -3.19. The van der Waals surface area contributed by atoms with Crippen molar-refractivity contribution in [2.75, 3.05) is 6.54 Å². The molecule has 31 heavy (non-hydrogen) atoms. The van der Waals surface area contributed by atoms with E-state index in [9.17, 15) is 14.7 Å². The van der Waals surface area contributed by atoms with E-state index in [2.05, 4.69) is 10.3 Å². The Labute approximate surface area is 185 Å². The van der Waals surface area contributed by atoms with Gasteiger partial charge in [0.1, 0.15) is 11.8 Å². The first-order chi connectivity index (χ1) is 14.9. The predicted molar refractivity (Wildman–Crippen MR) is 121 cm³/mol. The zero-order chi connectivity index (χ0) is 22.0. The highest BCUT2D eigenvalue weighted by Gasteiger charge is 2.34. The van der Waals surface area contributed by atoms with Gasteiger partial charge in [0.05, 0.1) is 16.1 Å². The van der Waals surface area contributed by atoms with E-state index in [4.69, 9.17) is 0 Å². The lowest BCUT2D eigenvalue weighted by molar-refractivity contribution is -0.125. The largest absolute Gasteiger partial charge is 0.508 e. The molecule has 0 spiro atoms. The Morgan fingerprint density at radius 3 is 2.68 bits per heavy atom. The molecule has 7 heteroatoms. The fraction of sp³-hybridized carbons (Fsp3) is 0.292. The average Bonchev–Trinajstić information content (AvgIpc) is 3.43. The third-order valence-corrected chi connectivity index (χ3v) is 6.67. The van der Waals surface area contributed by atoms with Crippen LogP contribution in [0.4, 0.5) is 0 Å². The van der Waals surface area contributed by atoms with E-state index in [0.717, 1.165) is 33.7 Å². The van der Waals surface area contributed by atoms with E-state index < -0.39 is 6.04 Å². The quantitative estimate of drug-likeness (QED) is 0.633. The maximum Gasteiger partial charge on any atom is 0.254 e. The summed E-state index contributed by atoms with van der Waals surface area (Å²) in [6, 6.07) is 12.3. The molecule has 2 amide bonds. The first kappa shape index (κ1) is 21.1. The molecule has 0 radical (unpaired) electrons. The van der Waals surface area contributed by atoms with Gasteiger partial charge in [0, 0.05) is 18.7 Å². The molecule has 4 rings (SSSR count). The normalized spacial score (nSPS) is 15.8. The second-order valence-electron chi connectivity index (χ2n) is 7.84. The molecule has 2 N–H and O–H groups in total.